The molecule has 1 saturated heterocycles. The number of carboxylic acid groups (broad SMARTS) is 1. The van der Waals surface area contributed by atoms with E-state index in [1.165, 1.54) is 4.90 Å². The third-order valence-electron chi connectivity index (χ3n) is 3.80. The number of rotatable bonds is 9. The van der Waals surface area contributed by atoms with Crippen LogP contribution < -0.4 is 0 Å². The fraction of sp³-hybridized carbons (Fsp3) is 0.800. The summed E-state index contributed by atoms with van der Waals surface area (Å²) in [6, 6.07) is 0. The number of likely N-dealkylation sites (N-methyl/N-ethyl adjacent to an activating group) is 1. The molecule has 0 saturated carbocycles. The molecule has 0 aromatic rings. The zero-order valence-electron chi connectivity index (χ0n) is 13.8. The number of likely N-dealkylation sites (tertiary alicyclic amines) is 1. The minimum atomic E-state index is -0.811. The second-order valence-electron chi connectivity index (χ2n) is 5.49. The minimum Gasteiger partial charge on any atom is -0.481 e. The van der Waals surface area contributed by atoms with Crippen molar-refractivity contribution in [3.8, 4) is 0 Å². The van der Waals surface area contributed by atoms with E-state index in [1.807, 2.05) is 6.92 Å². The van der Waals surface area contributed by atoms with Gasteiger partial charge in [0.1, 0.15) is 6.61 Å². The quantitative estimate of drug-likeness (QED) is 0.589. The van der Waals surface area contributed by atoms with Crippen LogP contribution in [0, 0.1) is 5.92 Å². The first-order valence-electron chi connectivity index (χ1n) is 7.85. The van der Waals surface area contributed by atoms with Crippen molar-refractivity contribution in [1.29, 1.82) is 0 Å². The molecule has 23 heavy (non-hydrogen) atoms. The molecule has 0 aromatic heterocycles. The third kappa shape index (κ3) is 6.96. The molecular formula is C15H26N2O6. The first kappa shape index (κ1) is 19.4. The summed E-state index contributed by atoms with van der Waals surface area (Å²) >= 11 is 0. The molecule has 0 aliphatic carbocycles. The Morgan fingerprint density at radius 3 is 2.35 bits per heavy atom. The number of amides is 2. The smallest absolute Gasteiger partial charge is 0.306 e. The summed E-state index contributed by atoms with van der Waals surface area (Å²) in [5, 5.41) is 8.94. The molecule has 2 amide bonds. The van der Waals surface area contributed by atoms with E-state index in [-0.39, 0.29) is 30.9 Å². The fourth-order valence-electron chi connectivity index (χ4n) is 2.30. The maximum Gasteiger partial charge on any atom is 0.306 e. The molecule has 0 spiro atoms. The summed E-state index contributed by atoms with van der Waals surface area (Å²) in [7, 11) is 1.55. The molecule has 0 unspecified atom stereocenters. The maximum absolute atomic E-state index is 12.1. The number of hydrogen-bond donors (Lipinski definition) is 1. The second-order valence-corrected chi connectivity index (χ2v) is 5.49. The van der Waals surface area contributed by atoms with Crippen LogP contribution >= 0.6 is 0 Å². The van der Waals surface area contributed by atoms with E-state index in [0.717, 1.165) is 0 Å². The average molecular weight is 330 g/mol. The van der Waals surface area contributed by atoms with Gasteiger partial charge in [-0.15, -0.1) is 0 Å². The first-order valence-corrected chi connectivity index (χ1v) is 7.85. The Labute approximate surface area is 136 Å². The van der Waals surface area contributed by atoms with Crippen LogP contribution in [-0.2, 0) is 23.9 Å². The van der Waals surface area contributed by atoms with Gasteiger partial charge in [0.2, 0.25) is 11.8 Å². The van der Waals surface area contributed by atoms with Crippen LogP contribution in [-0.4, -0.2) is 85.8 Å². The lowest BCUT2D eigenvalue weighted by Gasteiger charge is -2.31. The summed E-state index contributed by atoms with van der Waals surface area (Å²) in [5.41, 5.74) is 0. The van der Waals surface area contributed by atoms with Crippen molar-refractivity contribution in [3.05, 3.63) is 0 Å². The van der Waals surface area contributed by atoms with Gasteiger partial charge in [0.15, 0.2) is 0 Å². The molecule has 1 fully saturated rings. The lowest BCUT2D eigenvalue weighted by atomic mass is 9.97. The maximum atomic E-state index is 12.1. The Morgan fingerprint density at radius 1 is 1.17 bits per heavy atom. The van der Waals surface area contributed by atoms with Gasteiger partial charge in [-0.3, -0.25) is 14.4 Å². The Balaban J connectivity index is 2.25. The van der Waals surface area contributed by atoms with E-state index in [2.05, 4.69) is 0 Å². The van der Waals surface area contributed by atoms with Crippen LogP contribution in [0.3, 0.4) is 0 Å². The first-order chi connectivity index (χ1) is 11.0. The largest absolute Gasteiger partial charge is 0.481 e. The molecule has 1 aliphatic rings. The van der Waals surface area contributed by atoms with Crippen LogP contribution in [0.5, 0.6) is 0 Å². The molecule has 0 bridgehead atoms. The van der Waals surface area contributed by atoms with Gasteiger partial charge in [-0.2, -0.15) is 0 Å². The summed E-state index contributed by atoms with van der Waals surface area (Å²) in [4.78, 5) is 37.8. The van der Waals surface area contributed by atoms with Crippen LogP contribution in [0.15, 0.2) is 0 Å². The summed E-state index contributed by atoms with van der Waals surface area (Å²) < 4.78 is 10.3. The van der Waals surface area contributed by atoms with Gasteiger partial charge in [-0.1, -0.05) is 0 Å². The predicted molar refractivity (Wildman–Crippen MR) is 81.9 cm³/mol. The van der Waals surface area contributed by atoms with E-state index in [4.69, 9.17) is 14.6 Å². The summed E-state index contributed by atoms with van der Waals surface area (Å²) in [6.07, 6.45) is 0.915. The number of carbonyl (C=O) groups excluding carboxylic acids is 2. The van der Waals surface area contributed by atoms with Crippen LogP contribution in [0.4, 0.5) is 0 Å². The van der Waals surface area contributed by atoms with Gasteiger partial charge in [0.25, 0.3) is 0 Å². The molecule has 8 nitrogen and oxygen atoms in total. The number of piperidine rings is 1. The lowest BCUT2D eigenvalue weighted by Crippen LogP contribution is -2.46. The number of hydrogen-bond acceptors (Lipinski definition) is 5. The predicted octanol–water partition coefficient (Wildman–Crippen LogP) is -0.179. The van der Waals surface area contributed by atoms with Crippen molar-refractivity contribution in [2.45, 2.75) is 19.8 Å². The van der Waals surface area contributed by atoms with Crippen molar-refractivity contribution < 1.29 is 29.0 Å². The highest BCUT2D eigenvalue weighted by molar-refractivity contribution is 5.85. The second kappa shape index (κ2) is 10.2. The van der Waals surface area contributed by atoms with Gasteiger partial charge < -0.3 is 24.4 Å². The van der Waals surface area contributed by atoms with Gasteiger partial charge in [0, 0.05) is 26.7 Å². The molecule has 1 rings (SSSR count). The Hall–Kier alpha value is -1.67. The zero-order valence-corrected chi connectivity index (χ0v) is 13.8. The SMILES string of the molecule is CCOCCOCC(=O)N(C)CC(=O)N1CCC(C(=O)O)CC1. The third-order valence-corrected chi connectivity index (χ3v) is 3.80. The van der Waals surface area contributed by atoms with Crippen molar-refractivity contribution in [1.82, 2.24) is 9.80 Å². The van der Waals surface area contributed by atoms with Crippen LogP contribution in [0.25, 0.3) is 0 Å². The Kier molecular flexibility index (Phi) is 8.57. The number of carboxylic acids is 1. The number of ether oxygens (including phenoxy) is 2. The van der Waals surface area contributed by atoms with E-state index < -0.39 is 5.97 Å². The Morgan fingerprint density at radius 2 is 1.78 bits per heavy atom. The molecule has 0 aromatic carbocycles. The van der Waals surface area contributed by atoms with Gasteiger partial charge in [-0.05, 0) is 19.8 Å². The molecule has 1 heterocycles. The summed E-state index contributed by atoms with van der Waals surface area (Å²) in [6.45, 7) is 3.98. The number of nitrogens with zero attached hydrogens (tertiary/aromatic N) is 2. The van der Waals surface area contributed by atoms with Gasteiger partial charge >= 0.3 is 5.97 Å². The average Bonchev–Trinajstić information content (AvgIpc) is 2.54. The standard InChI is InChI=1S/C15H26N2O6/c1-3-22-8-9-23-11-14(19)16(2)10-13(18)17-6-4-12(5-7-17)15(20)21/h12H,3-11H2,1-2H3,(H,20,21). The van der Waals surface area contributed by atoms with Crippen molar-refractivity contribution in [2.75, 3.05) is 53.1 Å². The monoisotopic (exact) mass is 330 g/mol. The van der Waals surface area contributed by atoms with Gasteiger partial charge in [0.05, 0.1) is 25.7 Å². The van der Waals surface area contributed by atoms with Crippen LogP contribution in [0.1, 0.15) is 19.8 Å². The molecule has 8 heteroatoms. The number of aliphatic carboxylic acids is 1. The van der Waals surface area contributed by atoms with Crippen LogP contribution in [0.2, 0.25) is 0 Å². The van der Waals surface area contributed by atoms with Crippen molar-refractivity contribution in [3.63, 3.8) is 0 Å². The number of carbonyl (C=O) groups is 3. The molecule has 1 N–H and O–H groups in total. The van der Waals surface area contributed by atoms with E-state index >= 15 is 0 Å². The fourth-order valence-corrected chi connectivity index (χ4v) is 2.30. The minimum absolute atomic E-state index is 0.0224. The van der Waals surface area contributed by atoms with E-state index in [9.17, 15) is 14.4 Å². The normalized spacial score (nSPS) is 15.5. The van der Waals surface area contributed by atoms with Gasteiger partial charge in [-0.25, -0.2) is 0 Å². The highest BCUT2D eigenvalue weighted by Crippen LogP contribution is 2.17. The van der Waals surface area contributed by atoms with Crippen molar-refractivity contribution >= 4 is 17.8 Å². The lowest BCUT2D eigenvalue weighted by molar-refractivity contribution is -0.147. The molecular weight excluding hydrogens is 304 g/mol. The zero-order chi connectivity index (χ0) is 17.2. The topological polar surface area (TPSA) is 96.4 Å². The molecule has 132 valence electrons. The summed E-state index contributed by atoms with van der Waals surface area (Å²) in [5.74, 6) is -1.62. The highest BCUT2D eigenvalue weighted by atomic mass is 16.5. The van der Waals surface area contributed by atoms with Crippen molar-refractivity contribution in [2.24, 2.45) is 5.92 Å². The molecule has 1 aliphatic heterocycles. The van der Waals surface area contributed by atoms with E-state index in [1.54, 1.807) is 11.9 Å². The molecule has 0 atom stereocenters. The van der Waals surface area contributed by atoms with E-state index in [0.29, 0.717) is 45.8 Å². The molecule has 0 radical (unpaired) electrons. The Bertz CT molecular complexity index is 407. The highest BCUT2D eigenvalue weighted by Gasteiger charge is 2.27.